The number of amides is 1. The highest BCUT2D eigenvalue weighted by molar-refractivity contribution is 5.93. The zero-order valence-electron chi connectivity index (χ0n) is 16.7. The largest absolute Gasteiger partial charge is 0.456 e. The number of esters is 1. The highest BCUT2D eigenvalue weighted by Crippen LogP contribution is 2.28. The van der Waals surface area contributed by atoms with Crippen molar-refractivity contribution in [3.05, 3.63) is 101 Å². The molecule has 0 heterocycles. The maximum absolute atomic E-state index is 12.5. The summed E-state index contributed by atoms with van der Waals surface area (Å²) < 4.78 is 5.27. The molecule has 4 nitrogen and oxygen atoms in total. The lowest BCUT2D eigenvalue weighted by molar-refractivity contribution is -0.147. The topological polar surface area (TPSA) is 55.4 Å². The molecule has 0 atom stereocenters. The van der Waals surface area contributed by atoms with Gasteiger partial charge in [-0.1, -0.05) is 72.8 Å². The Morgan fingerprint density at radius 2 is 1.41 bits per heavy atom. The standard InChI is InChI=1S/C25H25NO3/c1-18-10-9-15-23(19(18)2)26-24(27)17-29-25(28)16-22(20-11-5-3-6-12-20)21-13-7-4-8-14-21/h3-15,22H,16-17H2,1-2H3,(H,26,27). The molecule has 1 amide bonds. The number of hydrogen-bond acceptors (Lipinski definition) is 3. The van der Waals surface area contributed by atoms with E-state index in [4.69, 9.17) is 4.74 Å². The third kappa shape index (κ3) is 5.55. The second kappa shape index (κ2) is 9.69. The van der Waals surface area contributed by atoms with E-state index in [1.807, 2.05) is 92.7 Å². The molecule has 0 aromatic heterocycles. The Morgan fingerprint density at radius 1 is 0.828 bits per heavy atom. The van der Waals surface area contributed by atoms with E-state index in [1.54, 1.807) is 0 Å². The first kappa shape index (κ1) is 20.3. The molecule has 3 aromatic carbocycles. The number of rotatable bonds is 7. The molecule has 0 unspecified atom stereocenters. The van der Waals surface area contributed by atoms with E-state index < -0.39 is 5.97 Å². The molecule has 3 rings (SSSR count). The maximum Gasteiger partial charge on any atom is 0.307 e. The smallest absolute Gasteiger partial charge is 0.307 e. The minimum Gasteiger partial charge on any atom is -0.456 e. The van der Waals surface area contributed by atoms with Crippen molar-refractivity contribution in [3.8, 4) is 0 Å². The molecule has 3 aromatic rings. The van der Waals surface area contributed by atoms with Crippen molar-refractivity contribution in [3.63, 3.8) is 0 Å². The van der Waals surface area contributed by atoms with Gasteiger partial charge in [-0.3, -0.25) is 9.59 Å². The summed E-state index contributed by atoms with van der Waals surface area (Å²) in [5.41, 5.74) is 4.90. The van der Waals surface area contributed by atoms with E-state index in [0.29, 0.717) is 0 Å². The van der Waals surface area contributed by atoms with E-state index >= 15 is 0 Å². The summed E-state index contributed by atoms with van der Waals surface area (Å²) in [5, 5.41) is 2.81. The Morgan fingerprint density at radius 3 is 2.00 bits per heavy atom. The summed E-state index contributed by atoms with van der Waals surface area (Å²) in [5.74, 6) is -0.867. The van der Waals surface area contributed by atoms with Gasteiger partial charge in [0.15, 0.2) is 6.61 Å². The van der Waals surface area contributed by atoms with Crippen LogP contribution in [0.5, 0.6) is 0 Å². The van der Waals surface area contributed by atoms with Gasteiger partial charge in [0.2, 0.25) is 0 Å². The quantitative estimate of drug-likeness (QED) is 0.580. The van der Waals surface area contributed by atoms with Crippen LogP contribution in [0.25, 0.3) is 0 Å². The van der Waals surface area contributed by atoms with Crippen LogP contribution in [-0.4, -0.2) is 18.5 Å². The molecule has 0 bridgehead atoms. The minimum atomic E-state index is -0.404. The third-order valence-corrected chi connectivity index (χ3v) is 5.02. The molecule has 148 valence electrons. The van der Waals surface area contributed by atoms with Gasteiger partial charge in [-0.2, -0.15) is 0 Å². The Labute approximate surface area is 171 Å². The monoisotopic (exact) mass is 387 g/mol. The van der Waals surface area contributed by atoms with Gasteiger partial charge in [0.25, 0.3) is 5.91 Å². The predicted molar refractivity (Wildman–Crippen MR) is 115 cm³/mol. The van der Waals surface area contributed by atoms with Crippen LogP contribution in [-0.2, 0) is 14.3 Å². The second-order valence-electron chi connectivity index (χ2n) is 7.03. The molecular formula is C25H25NO3. The van der Waals surface area contributed by atoms with Crippen LogP contribution in [0.3, 0.4) is 0 Å². The van der Waals surface area contributed by atoms with Gasteiger partial charge in [0.05, 0.1) is 6.42 Å². The van der Waals surface area contributed by atoms with Crippen molar-refractivity contribution in [2.45, 2.75) is 26.2 Å². The van der Waals surface area contributed by atoms with Crippen molar-refractivity contribution in [1.82, 2.24) is 0 Å². The van der Waals surface area contributed by atoms with E-state index in [9.17, 15) is 9.59 Å². The lowest BCUT2D eigenvalue weighted by atomic mass is 9.89. The lowest BCUT2D eigenvalue weighted by Gasteiger charge is -2.17. The van der Waals surface area contributed by atoms with Crippen LogP contribution in [0.1, 0.15) is 34.6 Å². The van der Waals surface area contributed by atoms with E-state index in [1.165, 1.54) is 0 Å². The van der Waals surface area contributed by atoms with Gasteiger partial charge in [-0.05, 0) is 42.2 Å². The van der Waals surface area contributed by atoms with Gasteiger partial charge in [-0.25, -0.2) is 0 Å². The van der Waals surface area contributed by atoms with E-state index in [-0.39, 0.29) is 24.9 Å². The van der Waals surface area contributed by atoms with Crippen LogP contribution in [0, 0.1) is 13.8 Å². The summed E-state index contributed by atoms with van der Waals surface area (Å²) in [6, 6.07) is 25.4. The molecule has 4 heteroatoms. The van der Waals surface area contributed by atoms with Crippen molar-refractivity contribution in [2.75, 3.05) is 11.9 Å². The van der Waals surface area contributed by atoms with E-state index in [0.717, 1.165) is 27.9 Å². The lowest BCUT2D eigenvalue weighted by Crippen LogP contribution is -2.22. The van der Waals surface area contributed by atoms with Gasteiger partial charge in [0, 0.05) is 11.6 Å². The number of hydrogen-bond donors (Lipinski definition) is 1. The fraction of sp³-hybridized carbons (Fsp3) is 0.200. The molecule has 0 saturated heterocycles. The van der Waals surface area contributed by atoms with Gasteiger partial charge < -0.3 is 10.1 Å². The second-order valence-corrected chi connectivity index (χ2v) is 7.03. The molecule has 0 aliphatic rings. The van der Waals surface area contributed by atoms with Crippen molar-refractivity contribution < 1.29 is 14.3 Å². The first-order valence-electron chi connectivity index (χ1n) is 9.66. The molecule has 0 fully saturated rings. The minimum absolute atomic E-state index is 0.119. The Bertz CT molecular complexity index is 928. The first-order chi connectivity index (χ1) is 14.0. The average Bonchev–Trinajstić information content (AvgIpc) is 2.75. The summed E-state index contributed by atoms with van der Waals surface area (Å²) in [6.45, 7) is 3.63. The number of benzene rings is 3. The summed E-state index contributed by atoms with van der Waals surface area (Å²) in [7, 11) is 0. The van der Waals surface area contributed by atoms with E-state index in [2.05, 4.69) is 5.32 Å². The van der Waals surface area contributed by atoms with Crippen LogP contribution in [0.4, 0.5) is 5.69 Å². The fourth-order valence-electron chi connectivity index (χ4n) is 3.24. The number of anilines is 1. The fourth-order valence-corrected chi connectivity index (χ4v) is 3.24. The highest BCUT2D eigenvalue weighted by Gasteiger charge is 2.19. The van der Waals surface area contributed by atoms with Gasteiger partial charge >= 0.3 is 5.97 Å². The van der Waals surface area contributed by atoms with Crippen LogP contribution < -0.4 is 5.32 Å². The molecule has 0 aliphatic carbocycles. The Balaban J connectivity index is 1.62. The van der Waals surface area contributed by atoms with Crippen LogP contribution in [0.2, 0.25) is 0 Å². The van der Waals surface area contributed by atoms with Crippen LogP contribution >= 0.6 is 0 Å². The molecule has 29 heavy (non-hydrogen) atoms. The summed E-state index contributed by atoms with van der Waals surface area (Å²) >= 11 is 0. The number of nitrogens with one attached hydrogen (secondary N) is 1. The summed E-state index contributed by atoms with van der Waals surface area (Å²) in [4.78, 5) is 24.7. The van der Waals surface area contributed by atoms with Crippen molar-refractivity contribution in [2.24, 2.45) is 0 Å². The van der Waals surface area contributed by atoms with Gasteiger partial charge in [-0.15, -0.1) is 0 Å². The maximum atomic E-state index is 12.5. The third-order valence-electron chi connectivity index (χ3n) is 5.02. The first-order valence-corrected chi connectivity index (χ1v) is 9.66. The van der Waals surface area contributed by atoms with Crippen molar-refractivity contribution in [1.29, 1.82) is 0 Å². The predicted octanol–water partition coefficient (Wildman–Crippen LogP) is 5.01. The number of carbonyl (C=O) groups excluding carboxylic acids is 2. The van der Waals surface area contributed by atoms with Crippen LogP contribution in [0.15, 0.2) is 78.9 Å². The Hall–Kier alpha value is -3.40. The normalized spacial score (nSPS) is 10.6. The molecule has 0 aliphatic heterocycles. The average molecular weight is 387 g/mol. The van der Waals surface area contributed by atoms with Gasteiger partial charge in [0.1, 0.15) is 0 Å². The molecule has 0 saturated carbocycles. The summed E-state index contributed by atoms with van der Waals surface area (Å²) in [6.07, 6.45) is 0.171. The zero-order valence-corrected chi connectivity index (χ0v) is 16.7. The Kier molecular flexibility index (Phi) is 6.80. The number of ether oxygens (including phenoxy) is 1. The molecule has 0 radical (unpaired) electrons. The molecule has 1 N–H and O–H groups in total. The molecular weight excluding hydrogens is 362 g/mol. The number of aryl methyl sites for hydroxylation is 1. The highest BCUT2D eigenvalue weighted by atomic mass is 16.5. The molecule has 0 spiro atoms. The zero-order chi connectivity index (χ0) is 20.6. The van der Waals surface area contributed by atoms with Crippen molar-refractivity contribution >= 4 is 17.6 Å². The number of carbonyl (C=O) groups is 2. The SMILES string of the molecule is Cc1cccc(NC(=O)COC(=O)CC(c2ccccc2)c2ccccc2)c1C.